The Bertz CT molecular complexity index is 411. The number of carboxylic acid groups (broad SMARTS) is 1. The Kier molecular flexibility index (Phi) is 3.79. The molecule has 0 atom stereocenters. The maximum absolute atomic E-state index is 11.1. The van der Waals surface area contributed by atoms with Gasteiger partial charge in [0.25, 0.3) is 0 Å². The smallest absolute Gasteiger partial charge is 0.347 e. The van der Waals surface area contributed by atoms with Crippen molar-refractivity contribution in [1.29, 1.82) is 0 Å². The lowest BCUT2D eigenvalue weighted by atomic mass is 10.1. The third-order valence-electron chi connectivity index (χ3n) is 2.84. The van der Waals surface area contributed by atoms with Gasteiger partial charge < -0.3 is 10.4 Å². The Hall–Kier alpha value is -0.940. The van der Waals surface area contributed by atoms with Crippen LogP contribution in [0.4, 0.5) is 0 Å². The highest BCUT2D eigenvalue weighted by molar-refractivity contribution is 7.13. The fourth-order valence-electron chi connectivity index (χ4n) is 1.70. The summed E-state index contributed by atoms with van der Waals surface area (Å²) in [5.74, 6) is 0.132. The van der Waals surface area contributed by atoms with E-state index in [1.54, 1.807) is 0 Å². The zero-order chi connectivity index (χ0) is 12.4. The highest BCUT2D eigenvalue weighted by atomic mass is 32.1. The van der Waals surface area contributed by atoms with E-state index < -0.39 is 5.97 Å². The summed E-state index contributed by atoms with van der Waals surface area (Å²) in [4.78, 5) is 15.9. The van der Waals surface area contributed by atoms with Crippen LogP contribution in [-0.2, 0) is 6.54 Å². The first-order valence-corrected chi connectivity index (χ1v) is 6.83. The minimum Gasteiger partial charge on any atom is -0.477 e. The molecule has 1 aromatic rings. The molecule has 1 aliphatic carbocycles. The Morgan fingerprint density at radius 1 is 1.59 bits per heavy atom. The van der Waals surface area contributed by atoms with Crippen molar-refractivity contribution >= 4 is 17.3 Å². The molecule has 0 radical (unpaired) electrons. The van der Waals surface area contributed by atoms with E-state index in [0.29, 0.717) is 17.1 Å². The van der Waals surface area contributed by atoms with Gasteiger partial charge in [0.05, 0.1) is 5.69 Å². The monoisotopic (exact) mass is 254 g/mol. The predicted octanol–water partition coefficient (Wildman–Crippen LogP) is 2.46. The highest BCUT2D eigenvalue weighted by Gasteiger charge is 2.22. The van der Waals surface area contributed by atoms with Gasteiger partial charge in [0.2, 0.25) is 0 Å². The molecule has 0 amide bonds. The topological polar surface area (TPSA) is 62.2 Å². The molecular formula is C12H18N2O2S. The first-order chi connectivity index (χ1) is 8.08. The third kappa shape index (κ3) is 3.26. The minimum absolute atomic E-state index is 0.162. The number of thiazole rings is 1. The number of nitrogens with zero attached hydrogens (tertiary/aromatic N) is 1. The molecule has 1 saturated carbocycles. The van der Waals surface area contributed by atoms with Gasteiger partial charge in [0.1, 0.15) is 9.88 Å². The fraction of sp³-hybridized carbons (Fsp3) is 0.667. The molecule has 5 heteroatoms. The second kappa shape index (κ2) is 5.14. The zero-order valence-electron chi connectivity index (χ0n) is 10.2. The largest absolute Gasteiger partial charge is 0.477 e. The van der Waals surface area contributed by atoms with Crippen molar-refractivity contribution in [3.63, 3.8) is 0 Å². The normalized spacial score (nSPS) is 15.5. The molecule has 1 aliphatic rings. The van der Waals surface area contributed by atoms with E-state index in [9.17, 15) is 4.79 Å². The van der Waals surface area contributed by atoms with Crippen LogP contribution in [0.3, 0.4) is 0 Å². The van der Waals surface area contributed by atoms with Crippen molar-refractivity contribution in [3.05, 3.63) is 15.6 Å². The van der Waals surface area contributed by atoms with Crippen LogP contribution >= 0.6 is 11.3 Å². The molecule has 0 aromatic carbocycles. The first-order valence-electron chi connectivity index (χ1n) is 6.01. The van der Waals surface area contributed by atoms with Gasteiger partial charge in [-0.05, 0) is 31.2 Å². The molecule has 0 spiro atoms. The van der Waals surface area contributed by atoms with Gasteiger partial charge in [-0.3, -0.25) is 0 Å². The summed E-state index contributed by atoms with van der Waals surface area (Å²) in [7, 11) is 0. The van der Waals surface area contributed by atoms with Gasteiger partial charge in [-0.25, -0.2) is 9.78 Å². The van der Waals surface area contributed by atoms with Gasteiger partial charge in [0, 0.05) is 6.54 Å². The number of hydrogen-bond acceptors (Lipinski definition) is 4. The lowest BCUT2D eigenvalue weighted by Gasteiger charge is -2.01. The second-order valence-corrected chi connectivity index (χ2v) is 5.94. The Morgan fingerprint density at radius 3 is 2.76 bits per heavy atom. The summed E-state index contributed by atoms with van der Waals surface area (Å²) >= 11 is 1.29. The van der Waals surface area contributed by atoms with Crippen molar-refractivity contribution in [3.8, 4) is 0 Å². The van der Waals surface area contributed by atoms with Crippen LogP contribution in [0, 0.1) is 5.92 Å². The first kappa shape index (κ1) is 12.5. The van der Waals surface area contributed by atoms with Gasteiger partial charge in [-0.2, -0.15) is 0 Å². The van der Waals surface area contributed by atoms with E-state index in [-0.39, 0.29) is 5.92 Å². The summed E-state index contributed by atoms with van der Waals surface area (Å²) in [6, 6.07) is 0. The summed E-state index contributed by atoms with van der Waals surface area (Å²) in [6.07, 6.45) is 2.64. The molecule has 1 aromatic heterocycles. The number of nitrogens with one attached hydrogen (secondary N) is 1. The summed E-state index contributed by atoms with van der Waals surface area (Å²) in [5.41, 5.74) is 0.714. The zero-order valence-corrected chi connectivity index (χ0v) is 11.0. The standard InChI is InChI=1S/C12H18N2O2S/c1-7(2)10-11(12(15)16)17-9(14-10)6-13-5-8-3-4-8/h7-8,13H,3-6H2,1-2H3,(H,15,16). The molecule has 0 aliphatic heterocycles. The molecule has 2 rings (SSSR count). The van der Waals surface area contributed by atoms with Crippen LogP contribution in [0.15, 0.2) is 0 Å². The minimum atomic E-state index is -0.861. The van der Waals surface area contributed by atoms with Crippen LogP contribution in [-0.4, -0.2) is 22.6 Å². The van der Waals surface area contributed by atoms with Gasteiger partial charge in [0.15, 0.2) is 0 Å². The maximum atomic E-state index is 11.1. The summed E-state index contributed by atoms with van der Waals surface area (Å²) < 4.78 is 0. The lowest BCUT2D eigenvalue weighted by Crippen LogP contribution is -2.15. The number of hydrogen-bond donors (Lipinski definition) is 2. The van der Waals surface area contributed by atoms with Crippen molar-refractivity contribution in [2.24, 2.45) is 5.92 Å². The molecule has 1 fully saturated rings. The van der Waals surface area contributed by atoms with Gasteiger partial charge in [-0.15, -0.1) is 11.3 Å². The van der Waals surface area contributed by atoms with E-state index in [2.05, 4.69) is 10.3 Å². The van der Waals surface area contributed by atoms with Gasteiger partial charge >= 0.3 is 5.97 Å². The molecule has 0 unspecified atom stereocenters. The Labute approximate surface area is 105 Å². The Balaban J connectivity index is 2.01. The van der Waals surface area contributed by atoms with Crippen molar-refractivity contribution < 1.29 is 9.90 Å². The average molecular weight is 254 g/mol. The van der Waals surface area contributed by atoms with E-state index in [1.165, 1.54) is 24.2 Å². The van der Waals surface area contributed by atoms with E-state index >= 15 is 0 Å². The Morgan fingerprint density at radius 2 is 2.29 bits per heavy atom. The van der Waals surface area contributed by atoms with Gasteiger partial charge in [-0.1, -0.05) is 13.8 Å². The molecule has 0 bridgehead atoms. The fourth-order valence-corrected chi connectivity index (χ4v) is 2.73. The van der Waals surface area contributed by atoms with Crippen LogP contribution in [0.5, 0.6) is 0 Å². The van der Waals surface area contributed by atoms with Crippen LogP contribution in [0.25, 0.3) is 0 Å². The van der Waals surface area contributed by atoms with Crippen LogP contribution in [0.1, 0.15) is 53.0 Å². The summed E-state index contributed by atoms with van der Waals surface area (Å²) in [5, 5.41) is 13.3. The lowest BCUT2D eigenvalue weighted by molar-refractivity contribution is 0.0700. The van der Waals surface area contributed by atoms with Crippen molar-refractivity contribution in [2.75, 3.05) is 6.54 Å². The van der Waals surface area contributed by atoms with Crippen molar-refractivity contribution in [1.82, 2.24) is 10.3 Å². The number of aromatic carboxylic acids is 1. The van der Waals surface area contributed by atoms with E-state index in [0.717, 1.165) is 17.5 Å². The molecule has 1 heterocycles. The van der Waals surface area contributed by atoms with E-state index in [1.807, 2.05) is 13.8 Å². The van der Waals surface area contributed by atoms with Crippen molar-refractivity contribution in [2.45, 2.75) is 39.2 Å². The second-order valence-electron chi connectivity index (χ2n) is 4.86. The predicted molar refractivity (Wildman–Crippen MR) is 67.6 cm³/mol. The van der Waals surface area contributed by atoms with Crippen LogP contribution in [0.2, 0.25) is 0 Å². The maximum Gasteiger partial charge on any atom is 0.347 e. The average Bonchev–Trinajstić information content (AvgIpc) is 2.95. The number of aromatic nitrogens is 1. The molecule has 4 nitrogen and oxygen atoms in total. The highest BCUT2D eigenvalue weighted by Crippen LogP contribution is 2.28. The summed E-state index contributed by atoms with van der Waals surface area (Å²) in [6.45, 7) is 5.67. The number of rotatable bonds is 6. The SMILES string of the molecule is CC(C)c1nc(CNCC2CC2)sc1C(=O)O. The number of carboxylic acids is 1. The molecule has 94 valence electrons. The van der Waals surface area contributed by atoms with E-state index in [4.69, 9.17) is 5.11 Å². The molecular weight excluding hydrogens is 236 g/mol. The molecule has 0 saturated heterocycles. The molecule has 17 heavy (non-hydrogen) atoms. The van der Waals surface area contributed by atoms with Crippen LogP contribution < -0.4 is 5.32 Å². The quantitative estimate of drug-likeness (QED) is 0.818. The molecule has 2 N–H and O–H groups in total. The third-order valence-corrected chi connectivity index (χ3v) is 3.90. The number of carbonyl (C=O) groups is 1.